The van der Waals surface area contributed by atoms with Gasteiger partial charge in [0.15, 0.2) is 0 Å². The zero-order chi connectivity index (χ0) is 27.6. The van der Waals surface area contributed by atoms with Gasteiger partial charge in [-0.2, -0.15) is 23.0 Å². The molecule has 0 aliphatic carbocycles. The number of nitrogens with zero attached hydrogens (tertiary/aromatic N) is 2. The lowest BCUT2D eigenvalue weighted by Crippen LogP contribution is -2.19. The molecule has 1 N–H and O–H groups in total. The number of nitrogens with one attached hydrogen (secondary N) is 1. The summed E-state index contributed by atoms with van der Waals surface area (Å²) >= 11 is 0. The van der Waals surface area contributed by atoms with Crippen LogP contribution in [0.2, 0.25) is 0 Å². The van der Waals surface area contributed by atoms with Crippen LogP contribution in [0.25, 0.3) is 22.4 Å². The molecule has 5 rings (SSSR count). The van der Waals surface area contributed by atoms with Gasteiger partial charge in [-0.25, -0.2) is 13.6 Å². The normalized spacial score (nSPS) is 11.3. The summed E-state index contributed by atoms with van der Waals surface area (Å²) in [6.07, 6.45) is -2.98. The zero-order valence-electron chi connectivity index (χ0n) is 19.9. The predicted octanol–water partition coefficient (Wildman–Crippen LogP) is 8.39. The summed E-state index contributed by atoms with van der Waals surface area (Å²) < 4.78 is 72.1. The van der Waals surface area contributed by atoms with Gasteiger partial charge in [0.05, 0.1) is 5.56 Å². The van der Waals surface area contributed by atoms with Gasteiger partial charge >= 0.3 is 12.2 Å². The molecule has 0 aliphatic rings. The molecular formula is C29H18F5N3O2. The molecule has 5 aromatic rings. The quantitative estimate of drug-likeness (QED) is 0.230. The molecule has 0 aliphatic heterocycles. The number of carbonyl (C=O) groups is 1. The predicted molar refractivity (Wildman–Crippen MR) is 135 cm³/mol. The zero-order valence-corrected chi connectivity index (χ0v) is 19.9. The first kappa shape index (κ1) is 25.7. The van der Waals surface area contributed by atoms with Crippen LogP contribution in [-0.2, 0) is 6.18 Å². The van der Waals surface area contributed by atoms with E-state index in [0.717, 1.165) is 16.8 Å². The lowest BCUT2D eigenvalue weighted by Gasteiger charge is -2.10. The second-order valence-corrected chi connectivity index (χ2v) is 8.43. The van der Waals surface area contributed by atoms with Crippen molar-refractivity contribution in [3.8, 4) is 33.9 Å². The summed E-state index contributed by atoms with van der Waals surface area (Å²) in [5.74, 6) is -0.387. The smallest absolute Gasteiger partial charge is 0.416 e. The molecule has 1 aromatic heterocycles. The average Bonchev–Trinajstić information content (AvgIpc) is 3.35. The molecule has 0 fully saturated rings. The monoisotopic (exact) mass is 535 g/mol. The van der Waals surface area contributed by atoms with E-state index >= 15 is 0 Å². The van der Waals surface area contributed by atoms with E-state index in [-0.39, 0.29) is 11.5 Å². The second-order valence-electron chi connectivity index (χ2n) is 8.43. The van der Waals surface area contributed by atoms with Gasteiger partial charge in [-0.1, -0.05) is 18.2 Å². The van der Waals surface area contributed by atoms with Crippen molar-refractivity contribution < 1.29 is 31.5 Å². The molecule has 0 atom stereocenters. The minimum Gasteiger partial charge on any atom is -0.457 e. The highest BCUT2D eigenvalue weighted by atomic mass is 19.4. The van der Waals surface area contributed by atoms with Crippen LogP contribution in [0, 0.1) is 11.6 Å². The standard InChI is InChI=1S/C29H18F5N3O2/c30-21-10-4-18(5-11-21)26-17-37(36-27(26)19-6-12-22(31)13-7-19)28(38)35-23-2-1-3-25(16-23)39-24-14-8-20(9-15-24)29(32,33)34/h1-17H,(H,35,38). The minimum absolute atomic E-state index is 0.187. The summed E-state index contributed by atoms with van der Waals surface area (Å²) in [5.41, 5.74) is 1.60. The number of benzene rings is 4. The maximum Gasteiger partial charge on any atom is 0.416 e. The lowest BCUT2D eigenvalue weighted by atomic mass is 10.0. The van der Waals surface area contributed by atoms with E-state index in [1.165, 1.54) is 60.8 Å². The van der Waals surface area contributed by atoms with E-state index in [9.17, 15) is 26.7 Å². The van der Waals surface area contributed by atoms with Crippen molar-refractivity contribution >= 4 is 11.7 Å². The molecule has 0 saturated heterocycles. The lowest BCUT2D eigenvalue weighted by molar-refractivity contribution is -0.137. The number of hydrogen-bond acceptors (Lipinski definition) is 3. The van der Waals surface area contributed by atoms with Crippen molar-refractivity contribution in [2.75, 3.05) is 5.32 Å². The first-order valence-corrected chi connectivity index (χ1v) is 11.5. The van der Waals surface area contributed by atoms with Gasteiger partial charge in [0.25, 0.3) is 0 Å². The van der Waals surface area contributed by atoms with Gasteiger partial charge in [-0.05, 0) is 78.4 Å². The van der Waals surface area contributed by atoms with Crippen LogP contribution in [-0.4, -0.2) is 15.8 Å². The fourth-order valence-corrected chi connectivity index (χ4v) is 3.81. The fourth-order valence-electron chi connectivity index (χ4n) is 3.81. The van der Waals surface area contributed by atoms with Crippen molar-refractivity contribution in [1.29, 1.82) is 0 Å². The molecule has 5 nitrogen and oxygen atoms in total. The van der Waals surface area contributed by atoms with Gasteiger partial charge < -0.3 is 10.1 Å². The Morgan fingerprint density at radius 1 is 0.769 bits per heavy atom. The second kappa shape index (κ2) is 10.4. The molecule has 1 heterocycles. The van der Waals surface area contributed by atoms with Crippen molar-refractivity contribution in [2.24, 2.45) is 0 Å². The number of amides is 1. The summed E-state index contributed by atoms with van der Waals surface area (Å²) in [6.45, 7) is 0. The van der Waals surface area contributed by atoms with Crippen LogP contribution in [0.15, 0.2) is 103 Å². The number of hydrogen-bond donors (Lipinski definition) is 1. The highest BCUT2D eigenvalue weighted by molar-refractivity contribution is 5.93. The van der Waals surface area contributed by atoms with Crippen molar-refractivity contribution in [2.45, 2.75) is 6.18 Å². The fraction of sp³-hybridized carbons (Fsp3) is 0.0345. The van der Waals surface area contributed by atoms with E-state index in [1.807, 2.05) is 0 Å². The van der Waals surface area contributed by atoms with E-state index in [4.69, 9.17) is 4.74 Å². The third-order valence-electron chi connectivity index (χ3n) is 5.70. The van der Waals surface area contributed by atoms with Gasteiger partial charge in [-0.3, -0.25) is 0 Å². The molecule has 196 valence electrons. The number of anilines is 1. The molecule has 0 radical (unpaired) electrons. The summed E-state index contributed by atoms with van der Waals surface area (Å²) in [7, 11) is 0. The van der Waals surface area contributed by atoms with Crippen molar-refractivity contribution in [3.05, 3.63) is 120 Å². The van der Waals surface area contributed by atoms with E-state index in [1.54, 1.807) is 30.3 Å². The molecule has 0 bridgehead atoms. The van der Waals surface area contributed by atoms with Gasteiger partial charge in [-0.15, -0.1) is 0 Å². The molecule has 0 unspecified atom stereocenters. The Balaban J connectivity index is 1.38. The first-order chi connectivity index (χ1) is 18.7. The molecular weight excluding hydrogens is 517 g/mol. The van der Waals surface area contributed by atoms with Crippen LogP contribution >= 0.6 is 0 Å². The van der Waals surface area contributed by atoms with Crippen LogP contribution < -0.4 is 10.1 Å². The Morgan fingerprint density at radius 3 is 2.00 bits per heavy atom. The number of rotatable bonds is 5. The number of aromatic nitrogens is 2. The summed E-state index contributed by atoms with van der Waals surface area (Å²) in [4.78, 5) is 13.1. The molecule has 0 saturated carbocycles. The average molecular weight is 535 g/mol. The minimum atomic E-state index is -4.46. The largest absolute Gasteiger partial charge is 0.457 e. The van der Waals surface area contributed by atoms with Gasteiger partial charge in [0.1, 0.15) is 28.8 Å². The maximum absolute atomic E-state index is 13.5. The number of halogens is 5. The SMILES string of the molecule is O=C(Nc1cccc(Oc2ccc(C(F)(F)F)cc2)c1)n1cc(-c2ccc(F)cc2)c(-c2ccc(F)cc2)n1. The van der Waals surface area contributed by atoms with Crippen LogP contribution in [0.5, 0.6) is 11.5 Å². The topological polar surface area (TPSA) is 56.1 Å². The highest BCUT2D eigenvalue weighted by Gasteiger charge is 2.30. The number of carbonyl (C=O) groups excluding carboxylic acids is 1. The van der Waals surface area contributed by atoms with E-state index in [0.29, 0.717) is 28.1 Å². The molecule has 10 heteroatoms. The Hall–Kier alpha value is -4.99. The Kier molecular flexibility index (Phi) is 6.84. The van der Waals surface area contributed by atoms with Crippen LogP contribution in [0.1, 0.15) is 5.56 Å². The molecule has 39 heavy (non-hydrogen) atoms. The number of alkyl halides is 3. The molecule has 4 aromatic carbocycles. The van der Waals surface area contributed by atoms with E-state index in [2.05, 4.69) is 10.4 Å². The van der Waals surface area contributed by atoms with E-state index < -0.39 is 29.4 Å². The third kappa shape index (κ3) is 5.96. The van der Waals surface area contributed by atoms with Crippen LogP contribution in [0.3, 0.4) is 0 Å². The Labute approximate surface area is 219 Å². The highest BCUT2D eigenvalue weighted by Crippen LogP contribution is 2.33. The molecule has 0 spiro atoms. The van der Waals surface area contributed by atoms with Gasteiger partial charge in [0.2, 0.25) is 0 Å². The first-order valence-electron chi connectivity index (χ1n) is 11.5. The Bertz CT molecular complexity index is 1550. The van der Waals surface area contributed by atoms with Crippen molar-refractivity contribution in [1.82, 2.24) is 9.78 Å². The number of ether oxygens (including phenoxy) is 1. The van der Waals surface area contributed by atoms with Crippen molar-refractivity contribution in [3.63, 3.8) is 0 Å². The van der Waals surface area contributed by atoms with Crippen LogP contribution in [0.4, 0.5) is 32.4 Å². The summed E-state index contributed by atoms with van der Waals surface area (Å²) in [6, 6.07) is 21.1. The van der Waals surface area contributed by atoms with Gasteiger partial charge in [0, 0.05) is 29.1 Å². The Morgan fingerprint density at radius 2 is 1.38 bits per heavy atom. The summed E-state index contributed by atoms with van der Waals surface area (Å²) in [5, 5.41) is 7.08. The molecule has 1 amide bonds. The third-order valence-corrected chi connectivity index (χ3v) is 5.70. The maximum atomic E-state index is 13.5.